The van der Waals surface area contributed by atoms with Gasteiger partial charge in [-0.25, -0.2) is 8.42 Å². The van der Waals surface area contributed by atoms with Crippen molar-refractivity contribution in [3.8, 4) is 22.3 Å². The predicted molar refractivity (Wildman–Crippen MR) is 128 cm³/mol. The Bertz CT molecular complexity index is 1370. The molecular weight excluding hydrogens is 400 g/mol. The number of fused-ring (bicyclic) bond motifs is 6. The van der Waals surface area contributed by atoms with Gasteiger partial charge in [0.05, 0.1) is 0 Å². The van der Waals surface area contributed by atoms with Gasteiger partial charge in [0, 0.05) is 0 Å². The highest BCUT2D eigenvalue weighted by Crippen LogP contribution is 2.57. The van der Waals surface area contributed by atoms with Gasteiger partial charge >= 0.3 is 0 Å². The Kier molecular flexibility index (Phi) is 4.02. The zero-order valence-electron chi connectivity index (χ0n) is 16.8. The Morgan fingerprint density at radius 3 is 1.32 bits per heavy atom. The fourth-order valence-electron chi connectivity index (χ4n) is 5.13. The van der Waals surface area contributed by atoms with E-state index in [9.17, 15) is 8.42 Å². The van der Waals surface area contributed by atoms with Gasteiger partial charge in [-0.15, -0.1) is 0 Å². The van der Waals surface area contributed by atoms with E-state index in [1.54, 1.807) is 0 Å². The van der Waals surface area contributed by atoms with E-state index in [1.165, 1.54) is 0 Å². The molecule has 2 aliphatic heterocycles. The van der Waals surface area contributed by atoms with Crippen molar-refractivity contribution in [2.24, 2.45) is 0 Å². The molecule has 0 radical (unpaired) electrons. The van der Waals surface area contributed by atoms with E-state index in [-0.39, 0.29) is 0 Å². The molecule has 31 heavy (non-hydrogen) atoms. The third-order valence-electron chi connectivity index (χ3n) is 6.38. The molecule has 0 fully saturated rings. The third-order valence-corrected chi connectivity index (χ3v) is 8.58. The van der Waals surface area contributed by atoms with Gasteiger partial charge < -0.3 is 0 Å². The molecule has 0 saturated carbocycles. The summed E-state index contributed by atoms with van der Waals surface area (Å²) < 4.78 is 27.4. The Morgan fingerprint density at radius 1 is 0.516 bits per heavy atom. The molecule has 0 N–H and O–H groups in total. The Labute approximate surface area is 182 Å². The summed E-state index contributed by atoms with van der Waals surface area (Å²) in [5.41, 5.74) is 6.01. The first-order chi connectivity index (χ1) is 15.2. The van der Waals surface area contributed by atoms with Crippen molar-refractivity contribution in [2.45, 2.75) is 10.5 Å². The van der Waals surface area contributed by atoms with E-state index in [0.29, 0.717) is 0 Å². The quantitative estimate of drug-likeness (QED) is 0.357. The van der Waals surface area contributed by atoms with Crippen LogP contribution in [0.15, 0.2) is 109 Å². The molecule has 6 rings (SSSR count). The number of allylic oxidation sites excluding steroid dienone is 2. The van der Waals surface area contributed by atoms with Crippen molar-refractivity contribution in [3.63, 3.8) is 0 Å². The van der Waals surface area contributed by atoms with E-state index < -0.39 is 20.3 Å². The monoisotopic (exact) mass is 420 g/mol. The van der Waals surface area contributed by atoms with Crippen LogP contribution in [0.5, 0.6) is 0 Å². The summed E-state index contributed by atoms with van der Waals surface area (Å²) in [4.78, 5) is 0. The van der Waals surface area contributed by atoms with Crippen molar-refractivity contribution in [2.75, 3.05) is 0 Å². The van der Waals surface area contributed by atoms with Crippen molar-refractivity contribution in [1.29, 1.82) is 0 Å². The van der Waals surface area contributed by atoms with Gasteiger partial charge in [0.25, 0.3) is 0 Å². The second-order valence-corrected chi connectivity index (χ2v) is 10.2. The fraction of sp³-hybridized carbons (Fsp3) is 0.0714. The van der Waals surface area contributed by atoms with Gasteiger partial charge in [-0.05, 0) is 44.2 Å². The summed E-state index contributed by atoms with van der Waals surface area (Å²) in [7, 11) is -3.44. The van der Waals surface area contributed by atoms with Crippen LogP contribution in [0.2, 0.25) is 0 Å². The van der Waals surface area contributed by atoms with Crippen LogP contribution in [0.25, 0.3) is 33.0 Å². The van der Waals surface area contributed by atoms with Crippen LogP contribution < -0.4 is 0 Å². The first-order valence-electron chi connectivity index (χ1n) is 10.4. The zero-order valence-corrected chi connectivity index (χ0v) is 17.6. The summed E-state index contributed by atoms with van der Waals surface area (Å²) in [6, 6.07) is 28.6. The first kappa shape index (κ1) is 18.3. The molecule has 2 bridgehead atoms. The van der Waals surface area contributed by atoms with Crippen LogP contribution in [-0.2, 0) is 9.84 Å². The Hall–Kier alpha value is -3.43. The van der Waals surface area contributed by atoms with E-state index in [0.717, 1.165) is 44.2 Å². The van der Waals surface area contributed by atoms with Gasteiger partial charge in [0.1, 0.15) is 10.5 Å². The molecule has 4 aromatic rings. The maximum absolute atomic E-state index is 13.7. The average Bonchev–Trinajstić information content (AvgIpc) is 2.90. The number of hydrogen-bond acceptors (Lipinski definition) is 2. The zero-order chi connectivity index (χ0) is 21.0. The lowest BCUT2D eigenvalue weighted by Gasteiger charge is -2.21. The molecule has 0 saturated heterocycles. The molecule has 0 aliphatic carbocycles. The number of benzene rings is 4. The van der Waals surface area contributed by atoms with Crippen LogP contribution >= 0.6 is 0 Å². The van der Waals surface area contributed by atoms with Crippen LogP contribution in [0, 0.1) is 0 Å². The first-order valence-corrected chi connectivity index (χ1v) is 12.1. The molecule has 4 aromatic carbocycles. The second kappa shape index (κ2) is 6.79. The lowest BCUT2D eigenvalue weighted by molar-refractivity contribution is 0.590. The summed E-state index contributed by atoms with van der Waals surface area (Å²) in [6.45, 7) is 0. The molecule has 2 atom stereocenters. The number of hydrogen-bond donors (Lipinski definition) is 0. The maximum atomic E-state index is 13.7. The molecule has 0 aromatic heterocycles. The highest BCUT2D eigenvalue weighted by molar-refractivity contribution is 7.92. The fourth-order valence-corrected chi connectivity index (χ4v) is 7.21. The minimum Gasteiger partial charge on any atom is -0.227 e. The molecular formula is C28H20O2S. The highest BCUT2D eigenvalue weighted by atomic mass is 32.2. The molecule has 2 aliphatic rings. The molecule has 2 nitrogen and oxygen atoms in total. The minimum absolute atomic E-state index is 0.648. The molecule has 0 unspecified atom stereocenters. The topological polar surface area (TPSA) is 34.1 Å². The molecule has 150 valence electrons. The second-order valence-electron chi connectivity index (χ2n) is 8.06. The molecule has 0 spiro atoms. The van der Waals surface area contributed by atoms with Crippen molar-refractivity contribution in [1.82, 2.24) is 0 Å². The standard InChI is InChI=1S/C28H20O2S/c29-31(30)23-17-9-10-18-24(31)28-26(20-13-5-2-6-14-20)22-16-8-7-15-21(22)25(27(23)28)19-11-3-1-4-12-19/h1-18,23-24H/t23-,24+. The van der Waals surface area contributed by atoms with Gasteiger partial charge in [0.2, 0.25) is 0 Å². The lowest BCUT2D eigenvalue weighted by atomic mass is 9.81. The molecule has 0 amide bonds. The summed E-state index contributed by atoms with van der Waals surface area (Å²) >= 11 is 0. The highest BCUT2D eigenvalue weighted by Gasteiger charge is 2.47. The average molecular weight is 421 g/mol. The minimum atomic E-state index is -3.44. The number of sulfone groups is 1. The SMILES string of the molecule is O=S1(=O)[C@@H]2C=CC=C[C@H]1c1c2c(-c2ccccc2)c2ccccc2c1-c1ccccc1. The van der Waals surface area contributed by atoms with E-state index in [1.807, 2.05) is 72.8 Å². The normalized spacial score (nSPS) is 20.5. The van der Waals surface area contributed by atoms with Crippen LogP contribution in [0.4, 0.5) is 0 Å². The van der Waals surface area contributed by atoms with Crippen LogP contribution in [-0.4, -0.2) is 8.42 Å². The van der Waals surface area contributed by atoms with Crippen molar-refractivity contribution in [3.05, 3.63) is 120 Å². The largest absolute Gasteiger partial charge is 0.227 e. The van der Waals surface area contributed by atoms with Gasteiger partial charge in [-0.2, -0.15) is 0 Å². The Morgan fingerprint density at radius 2 is 0.903 bits per heavy atom. The summed E-state index contributed by atoms with van der Waals surface area (Å²) in [5, 5.41) is 0.879. The van der Waals surface area contributed by atoms with Crippen molar-refractivity contribution < 1.29 is 8.42 Å². The predicted octanol–water partition coefficient (Wildman–Crippen LogP) is 6.81. The van der Waals surface area contributed by atoms with E-state index in [4.69, 9.17) is 0 Å². The van der Waals surface area contributed by atoms with E-state index >= 15 is 0 Å². The lowest BCUT2D eigenvalue weighted by Crippen LogP contribution is -2.08. The Balaban J connectivity index is 1.88. The summed E-state index contributed by atoms with van der Waals surface area (Å²) in [6.07, 6.45) is 7.43. The van der Waals surface area contributed by atoms with Crippen LogP contribution in [0.1, 0.15) is 21.6 Å². The maximum Gasteiger partial charge on any atom is 0.171 e. The smallest absolute Gasteiger partial charge is 0.171 e. The third kappa shape index (κ3) is 2.60. The van der Waals surface area contributed by atoms with Gasteiger partial charge in [0.15, 0.2) is 9.84 Å². The van der Waals surface area contributed by atoms with E-state index in [2.05, 4.69) is 36.4 Å². The van der Waals surface area contributed by atoms with Gasteiger partial charge in [-0.1, -0.05) is 109 Å². The van der Waals surface area contributed by atoms with Crippen molar-refractivity contribution >= 4 is 20.6 Å². The molecule has 2 heterocycles. The molecule has 3 heteroatoms. The summed E-state index contributed by atoms with van der Waals surface area (Å²) in [5.74, 6) is 0. The van der Waals surface area contributed by atoms with Gasteiger partial charge in [-0.3, -0.25) is 0 Å². The number of rotatable bonds is 2. The van der Waals surface area contributed by atoms with Crippen LogP contribution in [0.3, 0.4) is 0 Å².